The molecule has 2 aromatic carbocycles. The Bertz CT molecular complexity index is 693. The van der Waals surface area contributed by atoms with Gasteiger partial charge in [-0.05, 0) is 47.7 Å². The third kappa shape index (κ3) is 2.34. The molecule has 108 valence electrons. The molecular formula is C18H19NO2. The third-order valence-electron chi connectivity index (χ3n) is 4.29. The van der Waals surface area contributed by atoms with Gasteiger partial charge in [-0.1, -0.05) is 30.3 Å². The Labute approximate surface area is 124 Å². The summed E-state index contributed by atoms with van der Waals surface area (Å²) in [4.78, 5) is 14.0. The maximum Gasteiger partial charge on any atom is 0.253 e. The molecule has 0 aromatic heterocycles. The average Bonchev–Trinajstić information content (AvgIpc) is 2.90. The molecule has 0 radical (unpaired) electrons. The van der Waals surface area contributed by atoms with E-state index in [-0.39, 0.29) is 18.6 Å². The van der Waals surface area contributed by atoms with Gasteiger partial charge >= 0.3 is 0 Å². The number of rotatable bonds is 3. The number of fused-ring (bicyclic) bond motifs is 3. The predicted molar refractivity (Wildman–Crippen MR) is 83.3 cm³/mol. The first kappa shape index (κ1) is 13.8. The fourth-order valence-corrected chi connectivity index (χ4v) is 2.80. The highest BCUT2D eigenvalue weighted by molar-refractivity contribution is 5.95. The number of amides is 1. The second-order valence-corrected chi connectivity index (χ2v) is 5.65. The van der Waals surface area contributed by atoms with E-state index in [1.165, 1.54) is 22.3 Å². The van der Waals surface area contributed by atoms with E-state index >= 15 is 0 Å². The van der Waals surface area contributed by atoms with Gasteiger partial charge in [-0.15, -0.1) is 0 Å². The van der Waals surface area contributed by atoms with Crippen LogP contribution in [0.5, 0.6) is 0 Å². The summed E-state index contributed by atoms with van der Waals surface area (Å²) in [5, 5.41) is 9.18. The molecule has 0 spiro atoms. The van der Waals surface area contributed by atoms with Gasteiger partial charge < -0.3 is 10.0 Å². The molecule has 1 unspecified atom stereocenters. The van der Waals surface area contributed by atoms with Gasteiger partial charge in [0.05, 0.1) is 12.6 Å². The minimum absolute atomic E-state index is 0.0291. The smallest absolute Gasteiger partial charge is 0.253 e. The van der Waals surface area contributed by atoms with Crippen molar-refractivity contribution in [2.75, 3.05) is 13.7 Å². The van der Waals surface area contributed by atoms with Gasteiger partial charge in [-0.2, -0.15) is 0 Å². The van der Waals surface area contributed by atoms with Crippen LogP contribution in [-0.4, -0.2) is 35.6 Å². The monoisotopic (exact) mass is 281 g/mol. The molecule has 1 aliphatic carbocycles. The van der Waals surface area contributed by atoms with Crippen molar-refractivity contribution in [3.8, 4) is 11.1 Å². The molecule has 1 aliphatic rings. The van der Waals surface area contributed by atoms with Crippen LogP contribution in [0.2, 0.25) is 0 Å². The van der Waals surface area contributed by atoms with Crippen molar-refractivity contribution in [1.29, 1.82) is 0 Å². The summed E-state index contributed by atoms with van der Waals surface area (Å²) in [6.07, 6.45) is 0.881. The highest BCUT2D eigenvalue weighted by Gasteiger charge is 2.21. The van der Waals surface area contributed by atoms with Crippen LogP contribution in [0.25, 0.3) is 11.1 Å². The lowest BCUT2D eigenvalue weighted by Gasteiger charge is -2.23. The quantitative estimate of drug-likeness (QED) is 0.802. The molecular weight excluding hydrogens is 262 g/mol. The summed E-state index contributed by atoms with van der Waals surface area (Å²) in [7, 11) is 1.73. The first-order valence-corrected chi connectivity index (χ1v) is 7.21. The highest BCUT2D eigenvalue weighted by atomic mass is 16.3. The molecule has 0 aliphatic heterocycles. The van der Waals surface area contributed by atoms with E-state index in [1.54, 1.807) is 11.9 Å². The van der Waals surface area contributed by atoms with Gasteiger partial charge in [0, 0.05) is 12.6 Å². The van der Waals surface area contributed by atoms with E-state index in [1.807, 2.05) is 37.3 Å². The maximum atomic E-state index is 12.4. The number of nitrogens with zero attached hydrogens (tertiary/aromatic N) is 1. The molecule has 1 N–H and O–H groups in total. The van der Waals surface area contributed by atoms with E-state index in [0.29, 0.717) is 5.56 Å². The summed E-state index contributed by atoms with van der Waals surface area (Å²) in [6, 6.07) is 14.1. The maximum absolute atomic E-state index is 12.4. The number of hydrogen-bond donors (Lipinski definition) is 1. The molecule has 0 bridgehead atoms. The summed E-state index contributed by atoms with van der Waals surface area (Å²) in [5.74, 6) is -0.0460. The minimum atomic E-state index is -0.178. The Morgan fingerprint density at radius 3 is 2.67 bits per heavy atom. The van der Waals surface area contributed by atoms with Gasteiger partial charge in [0.2, 0.25) is 0 Å². The number of aliphatic hydroxyl groups is 1. The number of carbonyl (C=O) groups excluding carboxylic acids is 1. The molecule has 0 heterocycles. The van der Waals surface area contributed by atoms with Crippen molar-refractivity contribution < 1.29 is 9.90 Å². The molecule has 3 rings (SSSR count). The average molecular weight is 281 g/mol. The van der Waals surface area contributed by atoms with Crippen molar-refractivity contribution in [2.45, 2.75) is 19.4 Å². The lowest BCUT2D eigenvalue weighted by Crippen LogP contribution is -2.37. The van der Waals surface area contributed by atoms with Crippen molar-refractivity contribution in [3.05, 3.63) is 59.2 Å². The topological polar surface area (TPSA) is 40.5 Å². The molecule has 3 nitrogen and oxygen atoms in total. The number of likely N-dealkylation sites (N-methyl/N-ethyl adjacent to an activating group) is 1. The van der Waals surface area contributed by atoms with Gasteiger partial charge in [-0.25, -0.2) is 0 Å². The van der Waals surface area contributed by atoms with Crippen LogP contribution in [-0.2, 0) is 6.42 Å². The van der Waals surface area contributed by atoms with E-state index in [9.17, 15) is 9.90 Å². The molecule has 21 heavy (non-hydrogen) atoms. The predicted octanol–water partition coefficient (Wildman–Crippen LogP) is 2.71. The fourth-order valence-electron chi connectivity index (χ4n) is 2.80. The Hall–Kier alpha value is -2.13. The molecule has 1 amide bonds. The largest absolute Gasteiger partial charge is 0.394 e. The Morgan fingerprint density at radius 2 is 1.90 bits per heavy atom. The van der Waals surface area contributed by atoms with Crippen LogP contribution in [0.3, 0.4) is 0 Å². The van der Waals surface area contributed by atoms with E-state index in [4.69, 9.17) is 0 Å². The number of carbonyl (C=O) groups is 1. The zero-order valence-electron chi connectivity index (χ0n) is 12.3. The highest BCUT2D eigenvalue weighted by Crippen LogP contribution is 2.36. The zero-order valence-corrected chi connectivity index (χ0v) is 12.3. The van der Waals surface area contributed by atoms with E-state index in [2.05, 4.69) is 12.1 Å². The molecule has 0 fully saturated rings. The fraction of sp³-hybridized carbons (Fsp3) is 0.278. The van der Waals surface area contributed by atoms with Crippen LogP contribution in [0.15, 0.2) is 42.5 Å². The van der Waals surface area contributed by atoms with Gasteiger partial charge in [0.25, 0.3) is 5.91 Å². The standard InChI is InChI=1S/C18H19NO2/c1-12(11-20)19(2)18(21)14-7-8-17-15(10-14)9-13-5-3-4-6-16(13)17/h3-8,10,12,20H,9,11H2,1-2H3. The first-order valence-electron chi connectivity index (χ1n) is 7.21. The van der Waals surface area contributed by atoms with Crippen LogP contribution in [0.4, 0.5) is 0 Å². The summed E-state index contributed by atoms with van der Waals surface area (Å²) in [6.45, 7) is 1.81. The van der Waals surface area contributed by atoms with Crippen LogP contribution >= 0.6 is 0 Å². The lowest BCUT2D eigenvalue weighted by atomic mass is 10.0. The second kappa shape index (κ2) is 5.34. The van der Waals surface area contributed by atoms with Crippen molar-refractivity contribution in [2.24, 2.45) is 0 Å². The Balaban J connectivity index is 1.92. The van der Waals surface area contributed by atoms with Crippen molar-refractivity contribution >= 4 is 5.91 Å². The van der Waals surface area contributed by atoms with Crippen LogP contribution in [0.1, 0.15) is 28.4 Å². The molecule has 0 saturated carbocycles. The minimum Gasteiger partial charge on any atom is -0.394 e. The van der Waals surface area contributed by atoms with Crippen molar-refractivity contribution in [1.82, 2.24) is 4.90 Å². The van der Waals surface area contributed by atoms with Gasteiger partial charge in [0.1, 0.15) is 0 Å². The second-order valence-electron chi connectivity index (χ2n) is 5.65. The number of aliphatic hydroxyl groups excluding tert-OH is 1. The van der Waals surface area contributed by atoms with Crippen LogP contribution < -0.4 is 0 Å². The summed E-state index contributed by atoms with van der Waals surface area (Å²) < 4.78 is 0. The van der Waals surface area contributed by atoms with Crippen molar-refractivity contribution in [3.63, 3.8) is 0 Å². The zero-order chi connectivity index (χ0) is 15.0. The van der Waals surface area contributed by atoms with Crippen LogP contribution in [0, 0.1) is 0 Å². The third-order valence-corrected chi connectivity index (χ3v) is 4.29. The molecule has 0 saturated heterocycles. The lowest BCUT2D eigenvalue weighted by molar-refractivity contribution is 0.0682. The molecule has 2 aromatic rings. The first-order chi connectivity index (χ1) is 10.1. The Kier molecular flexibility index (Phi) is 3.52. The van der Waals surface area contributed by atoms with Gasteiger partial charge in [0.15, 0.2) is 0 Å². The normalized spacial score (nSPS) is 13.5. The summed E-state index contributed by atoms with van der Waals surface area (Å²) in [5.41, 5.74) is 5.69. The van der Waals surface area contributed by atoms with Gasteiger partial charge in [-0.3, -0.25) is 4.79 Å². The molecule has 1 atom stereocenters. The number of hydrogen-bond acceptors (Lipinski definition) is 2. The van der Waals surface area contributed by atoms with E-state index in [0.717, 1.165) is 6.42 Å². The Morgan fingerprint density at radius 1 is 1.19 bits per heavy atom. The van der Waals surface area contributed by atoms with E-state index < -0.39 is 0 Å². The summed E-state index contributed by atoms with van der Waals surface area (Å²) >= 11 is 0. The number of benzene rings is 2. The molecule has 3 heteroatoms. The SMILES string of the molecule is CC(CO)N(C)C(=O)c1ccc2c(c1)Cc1ccccc1-2.